The summed E-state index contributed by atoms with van der Waals surface area (Å²) >= 11 is 0. The molecule has 12 heteroatoms. The first-order valence-electron chi connectivity index (χ1n) is 8.75. The molecule has 1 aliphatic heterocycles. The van der Waals surface area contributed by atoms with Crippen LogP contribution in [-0.4, -0.2) is 86.7 Å². The molecular weight excluding hydrogens is 376 g/mol. The molecule has 0 aromatic heterocycles. The zero-order valence-corrected chi connectivity index (χ0v) is 15.6. The first-order chi connectivity index (χ1) is 13.0. The van der Waals surface area contributed by atoms with E-state index in [9.17, 15) is 29.1 Å². The second kappa shape index (κ2) is 9.99. The first kappa shape index (κ1) is 23.3. The van der Waals surface area contributed by atoms with Crippen LogP contribution in [0.4, 0.5) is 0 Å². The summed E-state index contributed by atoms with van der Waals surface area (Å²) in [6.45, 7) is 2.94. The summed E-state index contributed by atoms with van der Waals surface area (Å²) in [5.74, 6) is -4.98. The summed E-state index contributed by atoms with van der Waals surface area (Å²) in [6, 6.07) is -4.85. The number of hydrogen-bond acceptors (Lipinski definition) is 7. The summed E-state index contributed by atoms with van der Waals surface area (Å²) in [7, 11) is 0. The van der Waals surface area contributed by atoms with E-state index in [2.05, 4.69) is 10.6 Å². The fourth-order valence-electron chi connectivity index (χ4n) is 2.78. The van der Waals surface area contributed by atoms with Crippen LogP contribution in [-0.2, 0) is 24.0 Å². The molecule has 1 heterocycles. The van der Waals surface area contributed by atoms with E-state index in [1.54, 1.807) is 0 Å². The van der Waals surface area contributed by atoms with Crippen LogP contribution in [0, 0.1) is 0 Å². The lowest BCUT2D eigenvalue weighted by Crippen LogP contribution is -2.57. The number of aliphatic hydroxyl groups excluding tert-OH is 1. The van der Waals surface area contributed by atoms with E-state index in [0.29, 0.717) is 6.42 Å². The number of carboxylic acid groups (broad SMARTS) is 2. The zero-order chi connectivity index (χ0) is 21.6. The van der Waals surface area contributed by atoms with E-state index < -0.39 is 66.4 Å². The molecule has 5 atom stereocenters. The van der Waals surface area contributed by atoms with Gasteiger partial charge in [0.05, 0.1) is 12.5 Å². The molecule has 1 rings (SSSR count). The predicted octanol–water partition coefficient (Wildman–Crippen LogP) is -2.77. The zero-order valence-electron chi connectivity index (χ0n) is 15.6. The van der Waals surface area contributed by atoms with E-state index in [-0.39, 0.29) is 13.0 Å². The average molecular weight is 402 g/mol. The van der Waals surface area contributed by atoms with Gasteiger partial charge in [-0.2, -0.15) is 0 Å². The number of nitrogens with zero attached hydrogens (tertiary/aromatic N) is 1. The molecule has 0 aliphatic carbocycles. The average Bonchev–Trinajstić information content (AvgIpc) is 3.08. The quantitative estimate of drug-likeness (QED) is 0.236. The Labute approximate surface area is 161 Å². The summed E-state index contributed by atoms with van der Waals surface area (Å²) in [6.07, 6.45) is -1.17. The number of carbonyl (C=O) groups is 5. The van der Waals surface area contributed by atoms with Gasteiger partial charge in [0.2, 0.25) is 17.7 Å². The Balaban J connectivity index is 2.78. The lowest BCUT2D eigenvalue weighted by Gasteiger charge is -2.28. The maximum Gasteiger partial charge on any atom is 0.326 e. The maximum atomic E-state index is 12.6. The highest BCUT2D eigenvalue weighted by Crippen LogP contribution is 2.19. The van der Waals surface area contributed by atoms with Crippen molar-refractivity contribution >= 4 is 29.7 Å². The molecule has 28 heavy (non-hydrogen) atoms. The van der Waals surface area contributed by atoms with Gasteiger partial charge in [-0.05, 0) is 26.7 Å². The SMILES string of the molecule is C[C@H](NC(=O)[C@@H](N)[C@@H](C)O)C(=O)N1CCC[C@H]1C(=O)N[C@@H](CC(=O)O)C(=O)O. The van der Waals surface area contributed by atoms with E-state index >= 15 is 0 Å². The Kier molecular flexibility index (Phi) is 8.32. The van der Waals surface area contributed by atoms with Gasteiger partial charge in [0.1, 0.15) is 24.2 Å². The second-order valence-electron chi connectivity index (χ2n) is 6.68. The van der Waals surface area contributed by atoms with Crippen molar-refractivity contribution in [1.29, 1.82) is 0 Å². The van der Waals surface area contributed by atoms with Crippen LogP contribution in [0.3, 0.4) is 0 Å². The van der Waals surface area contributed by atoms with Gasteiger partial charge < -0.3 is 36.6 Å². The van der Waals surface area contributed by atoms with Gasteiger partial charge in [-0.25, -0.2) is 4.79 Å². The number of nitrogens with two attached hydrogens (primary N) is 1. The first-order valence-corrected chi connectivity index (χ1v) is 8.75. The molecule has 1 fully saturated rings. The number of amides is 3. The van der Waals surface area contributed by atoms with Crippen molar-refractivity contribution in [3.63, 3.8) is 0 Å². The van der Waals surface area contributed by atoms with Gasteiger partial charge in [-0.3, -0.25) is 19.2 Å². The number of carboxylic acids is 2. The molecule has 7 N–H and O–H groups in total. The van der Waals surface area contributed by atoms with Crippen LogP contribution < -0.4 is 16.4 Å². The number of rotatable bonds is 9. The highest BCUT2D eigenvalue weighted by atomic mass is 16.4. The summed E-state index contributed by atoms with van der Waals surface area (Å²) in [5.41, 5.74) is 5.51. The van der Waals surface area contributed by atoms with Gasteiger partial charge in [-0.1, -0.05) is 0 Å². The fourth-order valence-corrected chi connectivity index (χ4v) is 2.78. The number of likely N-dealkylation sites (tertiary alicyclic amines) is 1. The number of aliphatic carboxylic acids is 2. The molecule has 158 valence electrons. The largest absolute Gasteiger partial charge is 0.481 e. The Morgan fingerprint density at radius 3 is 2.25 bits per heavy atom. The van der Waals surface area contributed by atoms with Gasteiger partial charge >= 0.3 is 11.9 Å². The van der Waals surface area contributed by atoms with Crippen LogP contribution in [0.25, 0.3) is 0 Å². The standard InChI is InChI=1S/C16H26N4O8/c1-7(18-14(25)12(17)8(2)21)15(26)20-5-3-4-10(20)13(24)19-9(16(27)28)6-11(22)23/h7-10,12,21H,3-6,17H2,1-2H3,(H,18,25)(H,19,24)(H,22,23)(H,27,28)/t7-,8+,9-,10-,12-/m0/s1. The summed E-state index contributed by atoms with van der Waals surface area (Å²) in [4.78, 5) is 59.9. The van der Waals surface area contributed by atoms with Crippen molar-refractivity contribution in [2.75, 3.05) is 6.54 Å². The van der Waals surface area contributed by atoms with Gasteiger partial charge in [-0.15, -0.1) is 0 Å². The third-order valence-corrected chi connectivity index (χ3v) is 4.38. The van der Waals surface area contributed by atoms with Gasteiger partial charge in [0, 0.05) is 6.54 Å². The van der Waals surface area contributed by atoms with Crippen LogP contribution >= 0.6 is 0 Å². The van der Waals surface area contributed by atoms with Crippen molar-refractivity contribution in [3.8, 4) is 0 Å². The number of aliphatic hydroxyl groups is 1. The molecule has 12 nitrogen and oxygen atoms in total. The van der Waals surface area contributed by atoms with Crippen molar-refractivity contribution in [2.24, 2.45) is 5.73 Å². The van der Waals surface area contributed by atoms with Crippen LogP contribution in [0.5, 0.6) is 0 Å². The Morgan fingerprint density at radius 1 is 1.14 bits per heavy atom. The molecule has 0 saturated carbocycles. The second-order valence-corrected chi connectivity index (χ2v) is 6.68. The molecule has 0 aromatic carbocycles. The normalized spacial score (nSPS) is 20.6. The van der Waals surface area contributed by atoms with E-state index in [0.717, 1.165) is 0 Å². The number of carbonyl (C=O) groups excluding carboxylic acids is 3. The van der Waals surface area contributed by atoms with Crippen LogP contribution in [0.2, 0.25) is 0 Å². The third-order valence-electron chi connectivity index (χ3n) is 4.38. The highest BCUT2D eigenvalue weighted by molar-refractivity contribution is 5.94. The molecule has 0 bridgehead atoms. The topological polar surface area (TPSA) is 199 Å². The van der Waals surface area contributed by atoms with E-state index in [4.69, 9.17) is 15.9 Å². The Bertz CT molecular complexity index is 638. The molecule has 1 saturated heterocycles. The minimum absolute atomic E-state index is 0.219. The molecule has 0 aromatic rings. The molecule has 3 amide bonds. The van der Waals surface area contributed by atoms with Crippen molar-refractivity contribution in [2.45, 2.75) is 63.4 Å². The van der Waals surface area contributed by atoms with Crippen molar-refractivity contribution in [3.05, 3.63) is 0 Å². The van der Waals surface area contributed by atoms with Gasteiger partial charge in [0.15, 0.2) is 0 Å². The Hall–Kier alpha value is -2.73. The fraction of sp³-hybridized carbons (Fsp3) is 0.688. The molecule has 0 unspecified atom stereocenters. The van der Waals surface area contributed by atoms with E-state index in [1.807, 2.05) is 0 Å². The third kappa shape index (κ3) is 6.16. The lowest BCUT2D eigenvalue weighted by atomic mass is 10.1. The minimum Gasteiger partial charge on any atom is -0.481 e. The molecule has 0 radical (unpaired) electrons. The van der Waals surface area contributed by atoms with Crippen LogP contribution in [0.1, 0.15) is 33.1 Å². The van der Waals surface area contributed by atoms with Crippen molar-refractivity contribution in [1.82, 2.24) is 15.5 Å². The molecule has 0 spiro atoms. The lowest BCUT2D eigenvalue weighted by molar-refractivity contribution is -0.148. The smallest absolute Gasteiger partial charge is 0.326 e. The van der Waals surface area contributed by atoms with Crippen molar-refractivity contribution < 1.29 is 39.3 Å². The van der Waals surface area contributed by atoms with Gasteiger partial charge in [0.25, 0.3) is 0 Å². The van der Waals surface area contributed by atoms with Crippen LogP contribution in [0.15, 0.2) is 0 Å². The number of nitrogens with one attached hydrogen (secondary N) is 2. The molecular formula is C16H26N4O8. The minimum atomic E-state index is -1.62. The Morgan fingerprint density at radius 2 is 1.75 bits per heavy atom. The number of hydrogen-bond donors (Lipinski definition) is 6. The summed E-state index contributed by atoms with van der Waals surface area (Å²) < 4.78 is 0. The highest BCUT2D eigenvalue weighted by Gasteiger charge is 2.38. The monoisotopic (exact) mass is 402 g/mol. The predicted molar refractivity (Wildman–Crippen MR) is 93.8 cm³/mol. The maximum absolute atomic E-state index is 12.6. The summed E-state index contributed by atoms with van der Waals surface area (Å²) in [5, 5.41) is 31.6. The van der Waals surface area contributed by atoms with E-state index in [1.165, 1.54) is 18.7 Å². The molecule has 1 aliphatic rings.